The number of rotatable bonds is 7. The van der Waals surface area contributed by atoms with E-state index in [1.807, 2.05) is 18.2 Å². The molecule has 1 saturated heterocycles. The predicted molar refractivity (Wildman–Crippen MR) is 127 cm³/mol. The highest BCUT2D eigenvalue weighted by atomic mass is 127. The van der Waals surface area contributed by atoms with Crippen LogP contribution in [-0.2, 0) is 4.79 Å². The number of imide groups is 1. The van der Waals surface area contributed by atoms with Crippen molar-refractivity contribution in [1.29, 1.82) is 0 Å². The van der Waals surface area contributed by atoms with E-state index in [1.165, 1.54) is 4.90 Å². The Morgan fingerprint density at radius 3 is 2.69 bits per heavy atom. The van der Waals surface area contributed by atoms with Crippen LogP contribution in [0.4, 0.5) is 4.79 Å². The Labute approximate surface area is 203 Å². The van der Waals surface area contributed by atoms with E-state index >= 15 is 0 Å². The number of aliphatic hydroxyl groups excluding tert-OH is 1. The maximum absolute atomic E-state index is 13.1. The van der Waals surface area contributed by atoms with E-state index in [-0.39, 0.29) is 19.1 Å². The molecule has 8 nitrogen and oxygen atoms in total. The first kappa shape index (κ1) is 22.6. The second kappa shape index (κ2) is 9.47. The number of aromatic nitrogens is 2. The number of nitrogens with zero attached hydrogens (tertiary/aromatic N) is 2. The molecular formula is C22H20ClIN4O4. The lowest BCUT2D eigenvalue weighted by Gasteiger charge is -2.19. The number of hydrogen-bond donors (Lipinski definition) is 3. The normalized spacial score (nSPS) is 16.9. The van der Waals surface area contributed by atoms with Crippen molar-refractivity contribution in [3.05, 3.63) is 68.6 Å². The Bertz CT molecular complexity index is 1150. The van der Waals surface area contributed by atoms with Crippen LogP contribution < -0.4 is 10.1 Å². The highest BCUT2D eigenvalue weighted by Gasteiger charge is 2.42. The number of carbonyl (C=O) groups is 2. The summed E-state index contributed by atoms with van der Waals surface area (Å²) in [6.45, 7) is 1.84. The molecule has 3 amide bonds. The number of aliphatic hydroxyl groups is 1. The average molecular weight is 567 g/mol. The summed E-state index contributed by atoms with van der Waals surface area (Å²) in [5.41, 5.74) is 2.13. The molecule has 0 spiro atoms. The molecule has 3 N–H and O–H groups in total. The standard InChI is InChI=1S/C22H20ClIN4O4/c1-12(20-25-11-18(26-20)16-7-4-14(24)10-17(16)23)28-21(30)19(27-22(28)31)13-2-5-15(6-3-13)32-9-8-29/h2-7,10-12,19,29H,8-9H2,1H3,(H,25,26)(H,27,31)/t12-,19+/m0/s1. The first-order chi connectivity index (χ1) is 15.4. The molecule has 0 saturated carbocycles. The third-order valence-corrected chi connectivity index (χ3v) is 6.13. The number of H-pyrrole nitrogens is 1. The number of carbonyl (C=O) groups excluding carboxylic acids is 2. The van der Waals surface area contributed by atoms with Crippen molar-refractivity contribution in [3.63, 3.8) is 0 Å². The molecule has 166 valence electrons. The SMILES string of the molecule is C[C@@H](c1ncc(-c2ccc(I)cc2Cl)[nH]1)N1C(=O)N[C@H](c2ccc(OCCO)cc2)C1=O. The summed E-state index contributed by atoms with van der Waals surface area (Å²) in [6, 6.07) is 10.6. The third kappa shape index (κ3) is 4.45. The lowest BCUT2D eigenvalue weighted by Crippen LogP contribution is -2.34. The van der Waals surface area contributed by atoms with Crippen molar-refractivity contribution in [2.75, 3.05) is 13.2 Å². The Morgan fingerprint density at radius 1 is 1.25 bits per heavy atom. The molecule has 2 atom stereocenters. The zero-order chi connectivity index (χ0) is 22.8. The third-order valence-electron chi connectivity index (χ3n) is 5.14. The van der Waals surface area contributed by atoms with Crippen LogP contribution >= 0.6 is 34.2 Å². The maximum atomic E-state index is 13.1. The largest absolute Gasteiger partial charge is 0.491 e. The van der Waals surface area contributed by atoms with Crippen molar-refractivity contribution in [2.45, 2.75) is 19.0 Å². The summed E-state index contributed by atoms with van der Waals surface area (Å²) in [4.78, 5) is 34.4. The number of imidazole rings is 1. The monoisotopic (exact) mass is 566 g/mol. The van der Waals surface area contributed by atoms with Crippen molar-refractivity contribution in [1.82, 2.24) is 20.2 Å². The zero-order valence-electron chi connectivity index (χ0n) is 17.0. The second-order valence-electron chi connectivity index (χ2n) is 7.21. The molecule has 10 heteroatoms. The van der Waals surface area contributed by atoms with Gasteiger partial charge < -0.3 is 20.1 Å². The van der Waals surface area contributed by atoms with E-state index in [0.29, 0.717) is 27.9 Å². The fourth-order valence-electron chi connectivity index (χ4n) is 3.52. The fourth-order valence-corrected chi connectivity index (χ4v) is 4.48. The summed E-state index contributed by atoms with van der Waals surface area (Å²) < 4.78 is 6.35. The minimum absolute atomic E-state index is 0.0873. The Balaban J connectivity index is 1.52. The van der Waals surface area contributed by atoms with Gasteiger partial charge in [-0.1, -0.05) is 29.8 Å². The highest BCUT2D eigenvalue weighted by Crippen LogP contribution is 2.32. The number of amides is 3. The Hall–Kier alpha value is -2.63. The lowest BCUT2D eigenvalue weighted by molar-refractivity contribution is -0.129. The van der Waals surface area contributed by atoms with Crippen molar-refractivity contribution in [3.8, 4) is 17.0 Å². The number of nitrogens with one attached hydrogen (secondary N) is 2. The molecule has 1 fully saturated rings. The van der Waals surface area contributed by atoms with Gasteiger partial charge in [-0.3, -0.25) is 9.69 Å². The molecule has 3 aromatic rings. The van der Waals surface area contributed by atoms with Gasteiger partial charge in [-0.05, 0) is 59.3 Å². The van der Waals surface area contributed by atoms with Crippen molar-refractivity contribution in [2.24, 2.45) is 0 Å². The molecule has 2 aromatic carbocycles. The van der Waals surface area contributed by atoms with Gasteiger partial charge in [0.2, 0.25) is 0 Å². The number of halogens is 2. The molecule has 0 radical (unpaired) electrons. The van der Waals surface area contributed by atoms with E-state index in [1.54, 1.807) is 37.4 Å². The van der Waals surface area contributed by atoms with Crippen LogP contribution in [0.15, 0.2) is 48.7 Å². The number of benzene rings is 2. The minimum Gasteiger partial charge on any atom is -0.491 e. The topological polar surface area (TPSA) is 108 Å². The Morgan fingerprint density at radius 2 is 2.00 bits per heavy atom. The van der Waals surface area contributed by atoms with E-state index in [9.17, 15) is 9.59 Å². The number of urea groups is 1. The molecule has 32 heavy (non-hydrogen) atoms. The summed E-state index contributed by atoms with van der Waals surface area (Å²) in [5, 5.41) is 12.2. The van der Waals surface area contributed by atoms with Crippen LogP contribution in [0.2, 0.25) is 5.02 Å². The molecule has 1 aliphatic rings. The first-order valence-corrected chi connectivity index (χ1v) is 11.3. The van der Waals surface area contributed by atoms with Crippen LogP contribution in [0, 0.1) is 3.57 Å². The molecule has 1 aromatic heterocycles. The number of aromatic amines is 1. The van der Waals surface area contributed by atoms with Crippen LogP contribution in [0.3, 0.4) is 0 Å². The van der Waals surface area contributed by atoms with Gasteiger partial charge in [-0.2, -0.15) is 0 Å². The maximum Gasteiger partial charge on any atom is 0.325 e. The van der Waals surface area contributed by atoms with Crippen LogP contribution in [0.25, 0.3) is 11.3 Å². The van der Waals surface area contributed by atoms with Crippen molar-refractivity contribution >= 4 is 46.1 Å². The van der Waals surface area contributed by atoms with Gasteiger partial charge in [0, 0.05) is 9.13 Å². The minimum atomic E-state index is -0.795. The smallest absolute Gasteiger partial charge is 0.325 e. The van der Waals surface area contributed by atoms with Gasteiger partial charge in [0.05, 0.1) is 29.6 Å². The molecule has 0 aliphatic carbocycles. The number of ether oxygens (including phenoxy) is 1. The van der Waals surface area contributed by atoms with Gasteiger partial charge in [-0.25, -0.2) is 9.78 Å². The van der Waals surface area contributed by atoms with Crippen molar-refractivity contribution < 1.29 is 19.4 Å². The van der Waals surface area contributed by atoms with Gasteiger partial charge in [0.1, 0.15) is 24.2 Å². The molecule has 0 bridgehead atoms. The number of hydrogen-bond acceptors (Lipinski definition) is 5. The summed E-state index contributed by atoms with van der Waals surface area (Å²) in [5.74, 6) is 0.686. The quantitative estimate of drug-likeness (QED) is 0.295. The van der Waals surface area contributed by atoms with Crippen LogP contribution in [-0.4, -0.2) is 45.1 Å². The highest BCUT2D eigenvalue weighted by molar-refractivity contribution is 14.1. The van der Waals surface area contributed by atoms with E-state index in [0.717, 1.165) is 9.13 Å². The first-order valence-electron chi connectivity index (χ1n) is 9.86. The summed E-state index contributed by atoms with van der Waals surface area (Å²) >= 11 is 8.54. The molecular weight excluding hydrogens is 547 g/mol. The Kier molecular flexibility index (Phi) is 6.68. The van der Waals surface area contributed by atoms with Gasteiger partial charge >= 0.3 is 6.03 Å². The molecule has 2 heterocycles. The lowest BCUT2D eigenvalue weighted by atomic mass is 10.1. The summed E-state index contributed by atoms with van der Waals surface area (Å²) in [7, 11) is 0. The second-order valence-corrected chi connectivity index (χ2v) is 8.87. The zero-order valence-corrected chi connectivity index (χ0v) is 19.9. The fraction of sp³-hybridized carbons (Fsp3) is 0.227. The van der Waals surface area contributed by atoms with Gasteiger partial charge in [-0.15, -0.1) is 0 Å². The molecule has 0 unspecified atom stereocenters. The molecule has 1 aliphatic heterocycles. The average Bonchev–Trinajstić information content (AvgIpc) is 3.37. The summed E-state index contributed by atoms with van der Waals surface area (Å²) in [6.07, 6.45) is 1.64. The van der Waals surface area contributed by atoms with Gasteiger partial charge in [0.25, 0.3) is 5.91 Å². The van der Waals surface area contributed by atoms with E-state index in [2.05, 4.69) is 37.9 Å². The van der Waals surface area contributed by atoms with Crippen LogP contribution in [0.1, 0.15) is 30.4 Å². The van der Waals surface area contributed by atoms with Gasteiger partial charge in [0.15, 0.2) is 0 Å². The van der Waals surface area contributed by atoms with E-state index in [4.69, 9.17) is 21.4 Å². The molecule has 4 rings (SSSR count). The van der Waals surface area contributed by atoms with E-state index < -0.39 is 18.1 Å². The van der Waals surface area contributed by atoms with Crippen LogP contribution in [0.5, 0.6) is 5.75 Å². The predicted octanol–water partition coefficient (Wildman–Crippen LogP) is 4.06.